The first-order chi connectivity index (χ1) is 8.16. The van der Waals surface area contributed by atoms with E-state index >= 15 is 0 Å². The van der Waals surface area contributed by atoms with Gasteiger partial charge in [0, 0.05) is 18.6 Å². The Bertz CT molecular complexity index is 213. The molecule has 2 nitrogen and oxygen atoms in total. The summed E-state index contributed by atoms with van der Waals surface area (Å²) < 4.78 is 0. The lowest BCUT2D eigenvalue weighted by Gasteiger charge is -2.37. The first-order valence-corrected chi connectivity index (χ1v) is 7.60. The number of nitrogens with one attached hydrogen (secondary N) is 1. The number of nitrogens with zero attached hydrogens (tertiary/aromatic N) is 1. The highest BCUT2D eigenvalue weighted by Crippen LogP contribution is 2.31. The molecule has 1 saturated carbocycles. The van der Waals surface area contributed by atoms with Crippen molar-refractivity contribution in [1.82, 2.24) is 10.2 Å². The van der Waals surface area contributed by atoms with Crippen LogP contribution >= 0.6 is 0 Å². The van der Waals surface area contributed by atoms with E-state index in [1.165, 1.54) is 51.6 Å². The molecule has 0 bridgehead atoms. The Morgan fingerprint density at radius 3 is 2.35 bits per heavy atom. The van der Waals surface area contributed by atoms with Crippen LogP contribution in [0.25, 0.3) is 0 Å². The van der Waals surface area contributed by atoms with Crippen LogP contribution in [0.2, 0.25) is 0 Å². The third kappa shape index (κ3) is 3.69. The molecule has 0 aromatic carbocycles. The van der Waals surface area contributed by atoms with Gasteiger partial charge < -0.3 is 10.2 Å². The van der Waals surface area contributed by atoms with Crippen molar-refractivity contribution in [1.29, 1.82) is 0 Å². The summed E-state index contributed by atoms with van der Waals surface area (Å²) in [6, 6.07) is 1.62. The molecule has 0 aromatic rings. The summed E-state index contributed by atoms with van der Waals surface area (Å²) in [5.41, 5.74) is 0. The molecule has 2 fully saturated rings. The molecule has 2 rings (SSSR count). The molecule has 1 atom stereocenters. The smallest absolute Gasteiger partial charge is 0.0195 e. The molecule has 1 aliphatic heterocycles. The maximum absolute atomic E-state index is 3.61. The Labute approximate surface area is 107 Å². The fourth-order valence-electron chi connectivity index (χ4n) is 3.62. The highest BCUT2D eigenvalue weighted by molar-refractivity contribution is 4.83. The normalized spacial score (nSPS) is 34.8. The van der Waals surface area contributed by atoms with E-state index in [9.17, 15) is 0 Å². The molecular formula is C15H30N2. The second-order valence-corrected chi connectivity index (χ2v) is 6.55. The molecule has 2 aliphatic rings. The first-order valence-electron chi connectivity index (χ1n) is 7.60. The van der Waals surface area contributed by atoms with Crippen molar-refractivity contribution in [2.45, 2.75) is 64.5 Å². The van der Waals surface area contributed by atoms with Crippen LogP contribution in [-0.4, -0.2) is 37.1 Å². The van der Waals surface area contributed by atoms with E-state index in [0.29, 0.717) is 0 Å². The van der Waals surface area contributed by atoms with E-state index in [2.05, 4.69) is 31.1 Å². The molecule has 17 heavy (non-hydrogen) atoms. The van der Waals surface area contributed by atoms with Gasteiger partial charge in [-0.3, -0.25) is 0 Å². The number of hydrogen-bond acceptors (Lipinski definition) is 2. The predicted molar refractivity (Wildman–Crippen MR) is 74.2 cm³/mol. The van der Waals surface area contributed by atoms with Gasteiger partial charge in [0.05, 0.1) is 0 Å². The zero-order chi connectivity index (χ0) is 12.3. The third-order valence-electron chi connectivity index (χ3n) is 4.98. The Hall–Kier alpha value is -0.0800. The van der Waals surface area contributed by atoms with Crippen LogP contribution < -0.4 is 5.32 Å². The van der Waals surface area contributed by atoms with E-state index in [-0.39, 0.29) is 0 Å². The number of hydrogen-bond donors (Lipinski definition) is 1. The van der Waals surface area contributed by atoms with Crippen molar-refractivity contribution in [3.63, 3.8) is 0 Å². The largest absolute Gasteiger partial charge is 0.313 e. The maximum Gasteiger partial charge on any atom is 0.0195 e. The average Bonchev–Trinajstić information content (AvgIpc) is 2.82. The van der Waals surface area contributed by atoms with Gasteiger partial charge in [-0.25, -0.2) is 0 Å². The Morgan fingerprint density at radius 1 is 1.12 bits per heavy atom. The summed E-state index contributed by atoms with van der Waals surface area (Å²) in [4.78, 5) is 2.62. The van der Waals surface area contributed by atoms with Crippen molar-refractivity contribution >= 4 is 0 Å². The Morgan fingerprint density at radius 2 is 1.82 bits per heavy atom. The van der Waals surface area contributed by atoms with Gasteiger partial charge in [0.2, 0.25) is 0 Å². The van der Waals surface area contributed by atoms with E-state index in [4.69, 9.17) is 0 Å². The minimum absolute atomic E-state index is 0.767. The standard InChI is InChI=1S/C15H30N2/c1-12(2)13-6-8-15(9-7-13)17(3)11-14-5-4-10-16-14/h12-16H,4-11H2,1-3H3. The lowest BCUT2D eigenvalue weighted by Crippen LogP contribution is -2.42. The van der Waals surface area contributed by atoms with Gasteiger partial charge in [0.1, 0.15) is 0 Å². The average molecular weight is 238 g/mol. The highest BCUT2D eigenvalue weighted by atomic mass is 15.2. The molecule has 2 heteroatoms. The molecule has 0 amide bonds. The van der Waals surface area contributed by atoms with Crippen LogP contribution in [0, 0.1) is 11.8 Å². The minimum atomic E-state index is 0.767. The Balaban J connectivity index is 1.71. The van der Waals surface area contributed by atoms with Crippen LogP contribution in [0.3, 0.4) is 0 Å². The summed E-state index contributed by atoms with van der Waals surface area (Å²) in [6.45, 7) is 7.27. The van der Waals surface area contributed by atoms with Crippen molar-refractivity contribution in [2.24, 2.45) is 11.8 Å². The molecule has 0 aromatic heterocycles. The summed E-state index contributed by atoms with van der Waals surface area (Å²) in [5, 5.41) is 3.61. The number of rotatable bonds is 4. The molecule has 100 valence electrons. The second kappa shape index (κ2) is 6.19. The van der Waals surface area contributed by atoms with Crippen molar-refractivity contribution in [3.8, 4) is 0 Å². The van der Waals surface area contributed by atoms with E-state index in [1.54, 1.807) is 0 Å². The van der Waals surface area contributed by atoms with Gasteiger partial charge in [-0.05, 0) is 64.0 Å². The fraction of sp³-hybridized carbons (Fsp3) is 1.00. The Kier molecular flexibility index (Phi) is 4.87. The van der Waals surface area contributed by atoms with Crippen LogP contribution in [0.1, 0.15) is 52.4 Å². The summed E-state index contributed by atoms with van der Waals surface area (Å²) in [5.74, 6) is 1.88. The van der Waals surface area contributed by atoms with Gasteiger partial charge in [0.25, 0.3) is 0 Å². The lowest BCUT2D eigenvalue weighted by molar-refractivity contribution is 0.139. The van der Waals surface area contributed by atoms with Gasteiger partial charge in [-0.1, -0.05) is 13.8 Å². The molecule has 1 heterocycles. The van der Waals surface area contributed by atoms with Crippen molar-refractivity contribution in [2.75, 3.05) is 20.1 Å². The van der Waals surface area contributed by atoms with Crippen molar-refractivity contribution in [3.05, 3.63) is 0 Å². The maximum atomic E-state index is 3.61. The first kappa shape index (κ1) is 13.4. The molecule has 0 spiro atoms. The summed E-state index contributed by atoms with van der Waals surface area (Å²) in [6.07, 6.45) is 8.50. The van der Waals surface area contributed by atoms with Crippen LogP contribution in [0.4, 0.5) is 0 Å². The predicted octanol–water partition coefficient (Wildman–Crippen LogP) is 2.89. The quantitative estimate of drug-likeness (QED) is 0.810. The van der Waals surface area contributed by atoms with Crippen LogP contribution in [0.5, 0.6) is 0 Å². The lowest BCUT2D eigenvalue weighted by atomic mass is 9.79. The molecular weight excluding hydrogens is 208 g/mol. The fourth-order valence-corrected chi connectivity index (χ4v) is 3.62. The van der Waals surface area contributed by atoms with E-state index in [1.807, 2.05) is 0 Å². The molecule has 1 saturated heterocycles. The number of likely N-dealkylation sites (N-methyl/N-ethyl adjacent to an activating group) is 1. The zero-order valence-corrected chi connectivity index (χ0v) is 11.9. The van der Waals surface area contributed by atoms with Gasteiger partial charge in [-0.2, -0.15) is 0 Å². The van der Waals surface area contributed by atoms with Gasteiger partial charge in [0.15, 0.2) is 0 Å². The molecule has 1 unspecified atom stereocenters. The van der Waals surface area contributed by atoms with E-state index in [0.717, 1.165) is 23.9 Å². The summed E-state index contributed by atoms with van der Waals surface area (Å²) in [7, 11) is 2.33. The minimum Gasteiger partial charge on any atom is -0.313 e. The van der Waals surface area contributed by atoms with Crippen LogP contribution in [-0.2, 0) is 0 Å². The SMILES string of the molecule is CC(C)C1CCC(N(C)CC2CCCN2)CC1. The topological polar surface area (TPSA) is 15.3 Å². The molecule has 1 aliphatic carbocycles. The third-order valence-corrected chi connectivity index (χ3v) is 4.98. The monoisotopic (exact) mass is 238 g/mol. The molecule has 0 radical (unpaired) electrons. The van der Waals surface area contributed by atoms with E-state index < -0.39 is 0 Å². The summed E-state index contributed by atoms with van der Waals surface area (Å²) >= 11 is 0. The highest BCUT2D eigenvalue weighted by Gasteiger charge is 2.27. The van der Waals surface area contributed by atoms with Crippen LogP contribution in [0.15, 0.2) is 0 Å². The van der Waals surface area contributed by atoms with Crippen molar-refractivity contribution < 1.29 is 0 Å². The molecule has 1 N–H and O–H groups in total. The van der Waals surface area contributed by atoms with Gasteiger partial charge in [-0.15, -0.1) is 0 Å². The second-order valence-electron chi connectivity index (χ2n) is 6.55. The van der Waals surface area contributed by atoms with Gasteiger partial charge >= 0.3 is 0 Å². The zero-order valence-electron chi connectivity index (χ0n) is 11.9.